The van der Waals surface area contributed by atoms with Crippen LogP contribution in [0.2, 0.25) is 0 Å². The zero-order chi connectivity index (χ0) is 14.9. The molecule has 4 nitrogen and oxygen atoms in total. The Morgan fingerprint density at radius 1 is 1.05 bits per heavy atom. The van der Waals surface area contributed by atoms with Gasteiger partial charge in [-0.2, -0.15) is 10.4 Å². The van der Waals surface area contributed by atoms with Gasteiger partial charge in [-0.15, -0.1) is 11.3 Å². The van der Waals surface area contributed by atoms with Crippen molar-refractivity contribution in [3.63, 3.8) is 0 Å². The maximum Gasteiger partial charge on any atom is 0.127 e. The molecule has 3 heterocycles. The first kappa shape index (κ1) is 12.7. The third-order valence-corrected chi connectivity index (χ3v) is 4.36. The van der Waals surface area contributed by atoms with Crippen LogP contribution in [0.15, 0.2) is 60.2 Å². The zero-order valence-electron chi connectivity index (χ0n) is 11.5. The molecule has 5 heteroatoms. The average Bonchev–Trinajstić information content (AvgIpc) is 3.21. The lowest BCUT2D eigenvalue weighted by atomic mass is 10.1. The Hall–Kier alpha value is -2.97. The Balaban J connectivity index is 1.84. The fraction of sp³-hybridized carbons (Fsp3) is 0. The Morgan fingerprint density at radius 3 is 2.82 bits per heavy atom. The highest BCUT2D eigenvalue weighted by atomic mass is 32.1. The van der Waals surface area contributed by atoms with E-state index in [4.69, 9.17) is 4.98 Å². The van der Waals surface area contributed by atoms with Gasteiger partial charge in [0.2, 0.25) is 0 Å². The van der Waals surface area contributed by atoms with Crippen LogP contribution in [-0.2, 0) is 0 Å². The number of aromatic nitrogens is 3. The highest BCUT2D eigenvalue weighted by Crippen LogP contribution is 2.32. The lowest BCUT2D eigenvalue weighted by molar-refractivity contribution is 0.961. The first-order valence-corrected chi connectivity index (χ1v) is 7.62. The van der Waals surface area contributed by atoms with Crippen LogP contribution >= 0.6 is 11.3 Å². The lowest BCUT2D eigenvalue weighted by Crippen LogP contribution is -1.85. The van der Waals surface area contributed by atoms with Gasteiger partial charge in [-0.1, -0.05) is 24.3 Å². The minimum Gasteiger partial charge on any atom is -0.240 e. The molecule has 0 aliphatic heterocycles. The molecule has 0 aliphatic carbocycles. The van der Waals surface area contributed by atoms with Crippen molar-refractivity contribution in [2.24, 2.45) is 0 Å². The molecule has 0 amide bonds. The van der Waals surface area contributed by atoms with Crippen molar-refractivity contribution < 1.29 is 0 Å². The summed E-state index contributed by atoms with van der Waals surface area (Å²) in [7, 11) is 0. The number of hydrogen-bond donors (Lipinski definition) is 0. The number of rotatable bonds is 2. The van der Waals surface area contributed by atoms with Gasteiger partial charge in [0.25, 0.3) is 0 Å². The fourth-order valence-corrected chi connectivity index (χ4v) is 3.26. The van der Waals surface area contributed by atoms with Gasteiger partial charge in [-0.05, 0) is 18.2 Å². The van der Waals surface area contributed by atoms with Crippen molar-refractivity contribution in [1.82, 2.24) is 14.6 Å². The largest absolute Gasteiger partial charge is 0.240 e. The molecule has 0 radical (unpaired) electrons. The number of nitrogens with zero attached hydrogens (tertiary/aromatic N) is 4. The van der Waals surface area contributed by atoms with E-state index in [-0.39, 0.29) is 0 Å². The van der Waals surface area contributed by atoms with Crippen LogP contribution in [0.4, 0.5) is 0 Å². The molecular formula is C17H10N4S. The van der Waals surface area contributed by atoms with Crippen molar-refractivity contribution in [3.8, 4) is 27.9 Å². The van der Waals surface area contributed by atoms with Gasteiger partial charge < -0.3 is 0 Å². The van der Waals surface area contributed by atoms with Crippen LogP contribution in [0.3, 0.4) is 0 Å². The molecule has 0 atom stereocenters. The van der Waals surface area contributed by atoms with E-state index in [0.717, 1.165) is 27.3 Å². The van der Waals surface area contributed by atoms with E-state index < -0.39 is 0 Å². The summed E-state index contributed by atoms with van der Waals surface area (Å²) in [4.78, 5) is 4.70. The van der Waals surface area contributed by atoms with Crippen LogP contribution in [0.5, 0.6) is 0 Å². The monoisotopic (exact) mass is 302 g/mol. The Morgan fingerprint density at radius 2 is 1.91 bits per heavy atom. The first-order valence-electron chi connectivity index (χ1n) is 6.74. The van der Waals surface area contributed by atoms with Crippen molar-refractivity contribution in [2.75, 3.05) is 0 Å². The maximum absolute atomic E-state index is 9.22. The predicted molar refractivity (Wildman–Crippen MR) is 86.5 cm³/mol. The predicted octanol–water partition coefficient (Wildman–Crippen LogP) is 4.00. The molecule has 0 unspecified atom stereocenters. The molecule has 0 saturated heterocycles. The molecule has 22 heavy (non-hydrogen) atoms. The standard InChI is InChI=1S/C17H10N4S/c18-9-12-5-1-2-6-13(12)15-11-22-17(20-15)14-10-19-21-8-4-3-7-16(14)21/h1-8,10-11H. The summed E-state index contributed by atoms with van der Waals surface area (Å²) in [5, 5.41) is 16.5. The summed E-state index contributed by atoms with van der Waals surface area (Å²) in [5.74, 6) is 0. The average molecular weight is 302 g/mol. The van der Waals surface area contributed by atoms with Gasteiger partial charge in [-0.25, -0.2) is 9.50 Å². The number of benzene rings is 1. The summed E-state index contributed by atoms with van der Waals surface area (Å²) in [6, 6.07) is 15.7. The molecule has 0 fully saturated rings. The SMILES string of the molecule is N#Cc1ccccc1-c1csc(-c2cnn3ccccc23)n1. The van der Waals surface area contributed by atoms with Crippen LogP contribution < -0.4 is 0 Å². The topological polar surface area (TPSA) is 54.0 Å². The van der Waals surface area contributed by atoms with E-state index in [1.54, 1.807) is 11.3 Å². The molecular weight excluding hydrogens is 292 g/mol. The van der Waals surface area contributed by atoms with Gasteiger partial charge in [-0.3, -0.25) is 0 Å². The van der Waals surface area contributed by atoms with Gasteiger partial charge in [0.15, 0.2) is 0 Å². The molecule has 1 aromatic carbocycles. The second-order valence-electron chi connectivity index (χ2n) is 4.78. The second kappa shape index (κ2) is 5.10. The molecule has 0 N–H and O–H groups in total. The molecule has 0 aliphatic rings. The van der Waals surface area contributed by atoms with Crippen LogP contribution in [-0.4, -0.2) is 14.6 Å². The third-order valence-electron chi connectivity index (χ3n) is 3.48. The lowest BCUT2D eigenvalue weighted by Gasteiger charge is -1.98. The number of pyridine rings is 1. The van der Waals surface area contributed by atoms with E-state index >= 15 is 0 Å². The van der Waals surface area contributed by atoms with Gasteiger partial charge in [0.05, 0.1) is 34.6 Å². The van der Waals surface area contributed by atoms with E-state index in [1.807, 2.05) is 64.8 Å². The molecule has 104 valence electrons. The summed E-state index contributed by atoms with van der Waals surface area (Å²) >= 11 is 1.56. The number of hydrogen-bond acceptors (Lipinski definition) is 4. The molecule has 0 saturated carbocycles. The smallest absolute Gasteiger partial charge is 0.127 e. The molecule has 3 aromatic heterocycles. The number of thiazole rings is 1. The van der Waals surface area contributed by atoms with E-state index in [9.17, 15) is 5.26 Å². The first-order chi connectivity index (χ1) is 10.9. The minimum absolute atomic E-state index is 0.638. The Labute approximate surface area is 130 Å². The molecule has 4 aromatic rings. The second-order valence-corrected chi connectivity index (χ2v) is 5.64. The van der Waals surface area contributed by atoms with Crippen molar-refractivity contribution >= 4 is 16.9 Å². The summed E-state index contributed by atoms with van der Waals surface area (Å²) in [6.07, 6.45) is 3.74. The number of fused-ring (bicyclic) bond motifs is 1. The third kappa shape index (κ3) is 1.98. The quantitative estimate of drug-likeness (QED) is 0.562. The van der Waals surface area contributed by atoms with Crippen molar-refractivity contribution in [2.45, 2.75) is 0 Å². The molecule has 4 rings (SSSR count). The highest BCUT2D eigenvalue weighted by molar-refractivity contribution is 7.13. The fourth-order valence-electron chi connectivity index (χ4n) is 2.42. The maximum atomic E-state index is 9.22. The van der Waals surface area contributed by atoms with Crippen molar-refractivity contribution in [3.05, 3.63) is 65.8 Å². The zero-order valence-corrected chi connectivity index (χ0v) is 12.3. The summed E-state index contributed by atoms with van der Waals surface area (Å²) < 4.78 is 1.83. The van der Waals surface area contributed by atoms with Crippen LogP contribution in [0.25, 0.3) is 27.3 Å². The van der Waals surface area contributed by atoms with Gasteiger partial charge in [0, 0.05) is 17.1 Å². The highest BCUT2D eigenvalue weighted by Gasteiger charge is 2.13. The normalized spacial score (nSPS) is 10.7. The minimum atomic E-state index is 0.638. The van der Waals surface area contributed by atoms with E-state index in [2.05, 4.69) is 11.2 Å². The summed E-state index contributed by atoms with van der Waals surface area (Å²) in [5.41, 5.74) is 4.36. The van der Waals surface area contributed by atoms with Crippen LogP contribution in [0.1, 0.15) is 5.56 Å². The van der Waals surface area contributed by atoms with E-state index in [0.29, 0.717) is 5.56 Å². The molecule has 0 bridgehead atoms. The van der Waals surface area contributed by atoms with Gasteiger partial charge in [0.1, 0.15) is 5.01 Å². The van der Waals surface area contributed by atoms with E-state index in [1.165, 1.54) is 0 Å². The van der Waals surface area contributed by atoms with Crippen molar-refractivity contribution in [1.29, 1.82) is 5.26 Å². The Kier molecular flexibility index (Phi) is 2.95. The Bertz CT molecular complexity index is 1010. The molecule has 0 spiro atoms. The summed E-state index contributed by atoms with van der Waals surface area (Å²) in [6.45, 7) is 0. The number of nitriles is 1. The van der Waals surface area contributed by atoms with Crippen LogP contribution in [0, 0.1) is 11.3 Å². The van der Waals surface area contributed by atoms with Gasteiger partial charge >= 0.3 is 0 Å².